The van der Waals surface area contributed by atoms with E-state index in [0.29, 0.717) is 13.2 Å². The highest BCUT2D eigenvalue weighted by molar-refractivity contribution is 5.61. The van der Waals surface area contributed by atoms with Gasteiger partial charge >= 0.3 is 0 Å². The van der Waals surface area contributed by atoms with E-state index >= 15 is 0 Å². The van der Waals surface area contributed by atoms with Gasteiger partial charge in [0.2, 0.25) is 0 Å². The van der Waals surface area contributed by atoms with E-state index in [1.165, 1.54) is 0 Å². The maximum Gasteiger partial charge on any atom is 0.268 e. The van der Waals surface area contributed by atoms with Crippen LogP contribution in [0.4, 0.5) is 0 Å². The molecule has 0 saturated heterocycles. The van der Waals surface area contributed by atoms with Crippen LogP contribution in [-0.4, -0.2) is 11.2 Å². The standard InChI is InChI=1S/C17H18N2O2/c1-3-11-21-15-8-5-13(6-9-15)16-10-7-14(12-18)17(20)19(16)4-2/h5-10H,3-4,11H2,1-2H3. The number of pyridine rings is 1. The number of hydrogen-bond acceptors (Lipinski definition) is 3. The Bertz CT molecular complexity index is 709. The van der Waals surface area contributed by atoms with Crippen LogP contribution in [0.15, 0.2) is 41.2 Å². The Labute approximate surface area is 124 Å². The van der Waals surface area contributed by atoms with E-state index < -0.39 is 0 Å². The third kappa shape index (κ3) is 3.14. The lowest BCUT2D eigenvalue weighted by Crippen LogP contribution is -2.23. The van der Waals surface area contributed by atoms with Crippen molar-refractivity contribution in [3.8, 4) is 23.1 Å². The Morgan fingerprint density at radius 2 is 1.86 bits per heavy atom. The first kappa shape index (κ1) is 14.9. The Hall–Kier alpha value is -2.54. The van der Waals surface area contributed by atoms with Crippen molar-refractivity contribution in [2.24, 2.45) is 0 Å². The lowest BCUT2D eigenvalue weighted by molar-refractivity contribution is 0.317. The molecule has 0 aliphatic heterocycles. The summed E-state index contributed by atoms with van der Waals surface area (Å²) in [6.07, 6.45) is 0.965. The molecule has 2 aromatic rings. The number of nitriles is 1. The molecule has 1 aromatic carbocycles. The second-order valence-corrected chi connectivity index (χ2v) is 4.67. The van der Waals surface area contributed by atoms with Crippen molar-refractivity contribution in [3.05, 3.63) is 52.3 Å². The monoisotopic (exact) mass is 282 g/mol. The first-order chi connectivity index (χ1) is 10.2. The third-order valence-corrected chi connectivity index (χ3v) is 3.23. The Morgan fingerprint density at radius 3 is 2.43 bits per heavy atom. The average Bonchev–Trinajstić information content (AvgIpc) is 2.53. The topological polar surface area (TPSA) is 55.0 Å². The number of rotatable bonds is 5. The van der Waals surface area contributed by atoms with Crippen LogP contribution in [0.5, 0.6) is 5.75 Å². The minimum Gasteiger partial charge on any atom is -0.494 e. The molecular weight excluding hydrogens is 264 g/mol. The molecule has 0 radical (unpaired) electrons. The lowest BCUT2D eigenvalue weighted by atomic mass is 10.1. The molecule has 0 spiro atoms. The zero-order valence-corrected chi connectivity index (χ0v) is 12.3. The fourth-order valence-electron chi connectivity index (χ4n) is 2.17. The first-order valence-electron chi connectivity index (χ1n) is 7.08. The number of nitrogens with zero attached hydrogens (tertiary/aromatic N) is 2. The molecule has 0 amide bonds. The van der Waals surface area contributed by atoms with Gasteiger partial charge < -0.3 is 9.30 Å². The number of aromatic nitrogens is 1. The Balaban J connectivity index is 2.40. The fraction of sp³-hybridized carbons (Fsp3) is 0.294. The number of hydrogen-bond donors (Lipinski definition) is 0. The SMILES string of the molecule is CCCOc1ccc(-c2ccc(C#N)c(=O)n2CC)cc1. The average molecular weight is 282 g/mol. The molecule has 0 aliphatic rings. The van der Waals surface area contributed by atoms with Gasteiger partial charge in [-0.05, 0) is 55.3 Å². The smallest absolute Gasteiger partial charge is 0.268 e. The molecule has 0 aliphatic carbocycles. The molecule has 0 bridgehead atoms. The lowest BCUT2D eigenvalue weighted by Gasteiger charge is -2.12. The van der Waals surface area contributed by atoms with E-state index in [-0.39, 0.29) is 11.1 Å². The molecular formula is C17H18N2O2. The second kappa shape index (κ2) is 6.76. The van der Waals surface area contributed by atoms with Gasteiger partial charge in [-0.1, -0.05) is 6.92 Å². The van der Waals surface area contributed by atoms with Gasteiger partial charge in [-0.15, -0.1) is 0 Å². The maximum absolute atomic E-state index is 12.1. The van der Waals surface area contributed by atoms with Gasteiger partial charge in [0.15, 0.2) is 0 Å². The van der Waals surface area contributed by atoms with Crippen molar-refractivity contribution in [2.75, 3.05) is 6.61 Å². The van der Waals surface area contributed by atoms with Gasteiger partial charge in [0.1, 0.15) is 17.4 Å². The summed E-state index contributed by atoms with van der Waals surface area (Å²) in [6, 6.07) is 13.0. The van der Waals surface area contributed by atoms with Crippen molar-refractivity contribution in [1.29, 1.82) is 5.26 Å². The van der Waals surface area contributed by atoms with Gasteiger partial charge in [0, 0.05) is 6.54 Å². The largest absolute Gasteiger partial charge is 0.494 e. The molecule has 4 nitrogen and oxygen atoms in total. The van der Waals surface area contributed by atoms with Crippen LogP contribution in [0, 0.1) is 11.3 Å². The summed E-state index contributed by atoms with van der Waals surface area (Å²) in [6.45, 7) is 5.17. The van der Waals surface area contributed by atoms with E-state index in [0.717, 1.165) is 23.4 Å². The summed E-state index contributed by atoms with van der Waals surface area (Å²) < 4.78 is 7.16. The van der Waals surface area contributed by atoms with E-state index in [4.69, 9.17) is 10.00 Å². The van der Waals surface area contributed by atoms with Crippen LogP contribution < -0.4 is 10.3 Å². The second-order valence-electron chi connectivity index (χ2n) is 4.67. The molecule has 108 valence electrons. The Morgan fingerprint density at radius 1 is 1.14 bits per heavy atom. The molecule has 21 heavy (non-hydrogen) atoms. The van der Waals surface area contributed by atoms with Gasteiger partial charge in [-0.25, -0.2) is 0 Å². The van der Waals surface area contributed by atoms with Crippen LogP contribution in [0.25, 0.3) is 11.3 Å². The van der Waals surface area contributed by atoms with Crippen molar-refractivity contribution in [3.63, 3.8) is 0 Å². The van der Waals surface area contributed by atoms with Crippen LogP contribution in [0.3, 0.4) is 0 Å². The van der Waals surface area contributed by atoms with Crippen molar-refractivity contribution in [2.45, 2.75) is 26.8 Å². The van der Waals surface area contributed by atoms with Crippen LogP contribution in [-0.2, 0) is 6.54 Å². The highest BCUT2D eigenvalue weighted by Gasteiger charge is 2.09. The highest BCUT2D eigenvalue weighted by atomic mass is 16.5. The summed E-state index contributed by atoms with van der Waals surface area (Å²) in [5.41, 5.74) is 1.66. The molecule has 0 N–H and O–H groups in total. The molecule has 0 fully saturated rings. The minimum absolute atomic E-state index is 0.170. The third-order valence-electron chi connectivity index (χ3n) is 3.23. The molecule has 1 heterocycles. The molecule has 0 unspecified atom stereocenters. The summed E-state index contributed by atoms with van der Waals surface area (Å²) in [4.78, 5) is 12.1. The van der Waals surface area contributed by atoms with Crippen LogP contribution in [0.1, 0.15) is 25.8 Å². The number of ether oxygens (including phenoxy) is 1. The van der Waals surface area contributed by atoms with Crippen LogP contribution >= 0.6 is 0 Å². The molecule has 0 atom stereocenters. The highest BCUT2D eigenvalue weighted by Crippen LogP contribution is 2.22. The molecule has 0 saturated carbocycles. The number of benzene rings is 1. The predicted molar refractivity (Wildman–Crippen MR) is 82.3 cm³/mol. The van der Waals surface area contributed by atoms with E-state index in [9.17, 15) is 4.79 Å². The maximum atomic E-state index is 12.1. The van der Waals surface area contributed by atoms with E-state index in [2.05, 4.69) is 6.92 Å². The summed E-state index contributed by atoms with van der Waals surface area (Å²) in [7, 11) is 0. The van der Waals surface area contributed by atoms with Crippen LogP contribution in [0.2, 0.25) is 0 Å². The van der Waals surface area contributed by atoms with Gasteiger partial charge in [-0.2, -0.15) is 5.26 Å². The Kier molecular flexibility index (Phi) is 4.78. The quantitative estimate of drug-likeness (QED) is 0.846. The minimum atomic E-state index is -0.246. The van der Waals surface area contributed by atoms with Crippen molar-refractivity contribution in [1.82, 2.24) is 4.57 Å². The van der Waals surface area contributed by atoms with E-state index in [1.54, 1.807) is 10.6 Å². The first-order valence-corrected chi connectivity index (χ1v) is 7.08. The fourth-order valence-corrected chi connectivity index (χ4v) is 2.17. The van der Waals surface area contributed by atoms with E-state index in [1.807, 2.05) is 43.3 Å². The summed E-state index contributed by atoms with van der Waals surface area (Å²) in [5, 5.41) is 8.94. The molecule has 2 rings (SSSR count). The van der Waals surface area contributed by atoms with Gasteiger partial charge in [0.05, 0.1) is 12.3 Å². The normalized spacial score (nSPS) is 10.1. The zero-order valence-electron chi connectivity index (χ0n) is 12.3. The summed E-state index contributed by atoms with van der Waals surface area (Å²) >= 11 is 0. The van der Waals surface area contributed by atoms with Gasteiger partial charge in [-0.3, -0.25) is 4.79 Å². The predicted octanol–water partition coefficient (Wildman–Crippen LogP) is 3.20. The molecule has 4 heteroatoms. The molecule has 1 aromatic heterocycles. The zero-order chi connectivity index (χ0) is 15.2. The van der Waals surface area contributed by atoms with Crippen molar-refractivity contribution >= 4 is 0 Å². The van der Waals surface area contributed by atoms with Gasteiger partial charge in [0.25, 0.3) is 5.56 Å². The summed E-state index contributed by atoms with van der Waals surface area (Å²) in [5.74, 6) is 0.819. The van der Waals surface area contributed by atoms with Crippen molar-refractivity contribution < 1.29 is 4.74 Å².